The van der Waals surface area contributed by atoms with E-state index in [2.05, 4.69) is 18.7 Å². The van der Waals surface area contributed by atoms with Crippen LogP contribution >= 0.6 is 0 Å². The van der Waals surface area contributed by atoms with Gasteiger partial charge in [0.1, 0.15) is 0 Å². The van der Waals surface area contributed by atoms with Gasteiger partial charge in [-0.25, -0.2) is 8.42 Å². The van der Waals surface area contributed by atoms with Crippen LogP contribution in [0.2, 0.25) is 0 Å². The predicted octanol–water partition coefficient (Wildman–Crippen LogP) is 1.52. The summed E-state index contributed by atoms with van der Waals surface area (Å²) in [6.07, 6.45) is 3.33. The van der Waals surface area contributed by atoms with Crippen molar-refractivity contribution in [2.24, 2.45) is 0 Å². The molecule has 2 heterocycles. The number of nitrogens with one attached hydrogen (secondary N) is 1. The molecule has 0 bridgehead atoms. The first-order valence-corrected chi connectivity index (χ1v) is 12.4. The molecular weight excluding hydrogens is 398 g/mol. The van der Waals surface area contributed by atoms with Crippen molar-refractivity contribution >= 4 is 26.7 Å². The Morgan fingerprint density at radius 3 is 2.30 bits per heavy atom. The molecule has 1 N–H and O–H groups in total. The molecule has 2 saturated heterocycles. The van der Waals surface area contributed by atoms with Gasteiger partial charge in [-0.2, -0.15) is 4.31 Å². The van der Waals surface area contributed by atoms with E-state index < -0.39 is 10.0 Å². The van der Waals surface area contributed by atoms with E-state index in [1.165, 1.54) is 11.3 Å². The number of nitrogens with zero attached hydrogens (tertiary/aromatic N) is 2. The van der Waals surface area contributed by atoms with E-state index in [-0.39, 0.29) is 5.91 Å². The molecule has 0 aromatic heterocycles. The van der Waals surface area contributed by atoms with Gasteiger partial charge < -0.3 is 9.80 Å². The summed E-state index contributed by atoms with van der Waals surface area (Å²) in [6.45, 7) is 6.95. The summed E-state index contributed by atoms with van der Waals surface area (Å²) in [4.78, 5) is 16.5. The van der Waals surface area contributed by atoms with Crippen LogP contribution in [-0.2, 0) is 14.8 Å². The van der Waals surface area contributed by atoms with Crippen LogP contribution in [0.4, 0.5) is 0 Å². The molecule has 162 valence electrons. The van der Waals surface area contributed by atoms with Gasteiger partial charge in [-0.1, -0.05) is 30.3 Å². The van der Waals surface area contributed by atoms with Gasteiger partial charge in [0.15, 0.2) is 6.54 Å². The normalized spacial score (nSPS) is 24.3. The molecule has 4 rings (SSSR count). The fraction of sp³-hybridized carbons (Fsp3) is 0.522. The van der Waals surface area contributed by atoms with Crippen molar-refractivity contribution in [3.05, 3.63) is 42.5 Å². The van der Waals surface area contributed by atoms with Gasteiger partial charge in [0, 0.05) is 12.1 Å². The zero-order chi connectivity index (χ0) is 21.3. The van der Waals surface area contributed by atoms with Crippen molar-refractivity contribution in [3.8, 4) is 0 Å². The summed E-state index contributed by atoms with van der Waals surface area (Å²) in [6, 6.07) is 13.7. The third-order valence-corrected chi connectivity index (χ3v) is 8.57. The lowest BCUT2D eigenvalue weighted by Gasteiger charge is -2.40. The minimum atomic E-state index is -3.52. The van der Waals surface area contributed by atoms with Crippen molar-refractivity contribution in [2.45, 2.75) is 50.1 Å². The maximum Gasteiger partial charge on any atom is 0.278 e. The number of carbonyl (C=O) groups is 1. The number of hydrogen-bond donors (Lipinski definition) is 1. The van der Waals surface area contributed by atoms with Gasteiger partial charge >= 0.3 is 0 Å². The Balaban J connectivity index is 1.39. The Hall–Kier alpha value is -1.96. The van der Waals surface area contributed by atoms with Crippen LogP contribution in [0.15, 0.2) is 47.4 Å². The zero-order valence-corrected chi connectivity index (χ0v) is 18.7. The fourth-order valence-corrected chi connectivity index (χ4v) is 6.39. The third kappa shape index (κ3) is 4.24. The van der Waals surface area contributed by atoms with Crippen molar-refractivity contribution in [1.82, 2.24) is 9.21 Å². The van der Waals surface area contributed by atoms with Gasteiger partial charge in [0.25, 0.3) is 5.91 Å². The van der Waals surface area contributed by atoms with E-state index in [9.17, 15) is 13.2 Å². The molecule has 2 aliphatic rings. The van der Waals surface area contributed by atoms with Crippen molar-refractivity contribution < 1.29 is 18.1 Å². The van der Waals surface area contributed by atoms with E-state index in [0.29, 0.717) is 49.7 Å². The monoisotopic (exact) mass is 430 g/mol. The maximum absolute atomic E-state index is 13.1. The van der Waals surface area contributed by atoms with Crippen LogP contribution in [0.25, 0.3) is 10.8 Å². The van der Waals surface area contributed by atoms with Gasteiger partial charge in [-0.3, -0.25) is 4.79 Å². The molecule has 1 amide bonds. The zero-order valence-electron chi connectivity index (χ0n) is 17.9. The summed E-state index contributed by atoms with van der Waals surface area (Å²) in [5, 5.41) is 1.96. The molecule has 2 aromatic carbocycles. The summed E-state index contributed by atoms with van der Waals surface area (Å²) < 4.78 is 27.8. The highest BCUT2D eigenvalue weighted by Crippen LogP contribution is 2.23. The largest absolute Gasteiger partial charge is 0.332 e. The summed E-state index contributed by atoms with van der Waals surface area (Å²) in [7, 11) is -3.52. The van der Waals surface area contributed by atoms with E-state index in [0.717, 1.165) is 23.6 Å². The number of hydrogen-bond acceptors (Lipinski definition) is 3. The van der Waals surface area contributed by atoms with Crippen LogP contribution in [0.5, 0.6) is 0 Å². The van der Waals surface area contributed by atoms with Gasteiger partial charge in [0.05, 0.1) is 31.1 Å². The highest BCUT2D eigenvalue weighted by molar-refractivity contribution is 7.89. The summed E-state index contributed by atoms with van der Waals surface area (Å²) in [5.74, 6) is 0.204. The highest BCUT2D eigenvalue weighted by Gasteiger charge is 2.34. The minimum absolute atomic E-state index is 0.204. The van der Waals surface area contributed by atoms with Crippen molar-refractivity contribution in [1.29, 1.82) is 0 Å². The molecule has 2 aliphatic heterocycles. The molecule has 0 unspecified atom stereocenters. The highest BCUT2D eigenvalue weighted by atomic mass is 32.2. The lowest BCUT2D eigenvalue weighted by atomic mass is 9.97. The molecule has 2 atom stereocenters. The molecule has 7 heteroatoms. The van der Waals surface area contributed by atoms with Gasteiger partial charge in [-0.05, 0) is 56.0 Å². The second-order valence-corrected chi connectivity index (χ2v) is 10.7. The quantitative estimate of drug-likeness (QED) is 0.800. The number of piperazine rings is 1. The molecule has 30 heavy (non-hydrogen) atoms. The molecule has 0 aliphatic carbocycles. The van der Waals surface area contributed by atoms with Crippen LogP contribution in [0.1, 0.15) is 33.1 Å². The lowest BCUT2D eigenvalue weighted by Crippen LogP contribution is -3.15. The molecule has 0 saturated carbocycles. The molecular formula is C23H32N3O3S+. The van der Waals surface area contributed by atoms with E-state index >= 15 is 0 Å². The number of quaternary nitrogens is 1. The standard InChI is InChI=1S/C23H31N3O3S/c1-18-6-5-7-19(2)26(18)23(27)17-24-12-14-25(15-13-24)30(28,29)22-11-10-20-8-3-4-9-21(20)16-22/h3-4,8-11,16,18-19H,5-7,12-15,17H2,1-2H3/p+1/t18-,19-/m1/s1. The Morgan fingerprint density at radius 2 is 1.63 bits per heavy atom. The van der Waals surface area contributed by atoms with E-state index in [1.54, 1.807) is 16.4 Å². The van der Waals surface area contributed by atoms with Crippen LogP contribution in [0.3, 0.4) is 0 Å². The van der Waals surface area contributed by atoms with E-state index in [4.69, 9.17) is 0 Å². The average molecular weight is 431 g/mol. The van der Waals surface area contributed by atoms with E-state index in [1.807, 2.05) is 30.3 Å². The fourth-order valence-electron chi connectivity index (χ4n) is 4.91. The molecule has 2 aromatic rings. The molecule has 2 fully saturated rings. The number of carbonyl (C=O) groups excluding carboxylic acids is 1. The summed E-state index contributed by atoms with van der Waals surface area (Å²) >= 11 is 0. The number of sulfonamides is 1. The SMILES string of the molecule is C[C@@H]1CCC[C@@H](C)N1C(=O)C[NH+]1CCN(S(=O)(=O)c2ccc3ccccc3c2)CC1. The number of amides is 1. The number of piperidine rings is 1. The third-order valence-electron chi connectivity index (χ3n) is 6.67. The molecule has 0 spiro atoms. The Labute approximate surface area is 179 Å². The molecule has 0 radical (unpaired) electrons. The average Bonchev–Trinajstić information content (AvgIpc) is 2.73. The Bertz CT molecular complexity index is 1010. The Kier molecular flexibility index (Phi) is 6.14. The van der Waals surface area contributed by atoms with Crippen molar-refractivity contribution in [2.75, 3.05) is 32.7 Å². The topological polar surface area (TPSA) is 62.1 Å². The Morgan fingerprint density at radius 1 is 1.00 bits per heavy atom. The predicted molar refractivity (Wildman–Crippen MR) is 118 cm³/mol. The van der Waals surface area contributed by atoms with Crippen molar-refractivity contribution in [3.63, 3.8) is 0 Å². The number of fused-ring (bicyclic) bond motifs is 1. The van der Waals surface area contributed by atoms with Crippen LogP contribution in [0, 0.1) is 0 Å². The minimum Gasteiger partial charge on any atom is -0.332 e. The first kappa shape index (κ1) is 21.3. The first-order chi connectivity index (χ1) is 14.4. The lowest BCUT2D eigenvalue weighted by molar-refractivity contribution is -0.896. The molecule has 6 nitrogen and oxygen atoms in total. The first-order valence-electron chi connectivity index (χ1n) is 11.0. The summed E-state index contributed by atoms with van der Waals surface area (Å²) in [5.41, 5.74) is 0. The van der Waals surface area contributed by atoms with Crippen LogP contribution < -0.4 is 4.90 Å². The number of rotatable bonds is 4. The number of benzene rings is 2. The smallest absolute Gasteiger partial charge is 0.278 e. The van der Waals surface area contributed by atoms with Gasteiger partial charge in [0.2, 0.25) is 10.0 Å². The second kappa shape index (κ2) is 8.65. The van der Waals surface area contributed by atoms with Crippen LogP contribution in [-0.4, -0.2) is 68.3 Å². The number of likely N-dealkylation sites (tertiary alicyclic amines) is 1. The second-order valence-electron chi connectivity index (χ2n) is 8.77. The maximum atomic E-state index is 13.1. The van der Waals surface area contributed by atoms with Gasteiger partial charge in [-0.15, -0.1) is 0 Å².